The third-order valence-corrected chi connectivity index (χ3v) is 3.83. The predicted octanol–water partition coefficient (Wildman–Crippen LogP) is 2.81. The quantitative estimate of drug-likeness (QED) is 0.777. The Hall–Kier alpha value is -1.64. The zero-order valence-electron chi connectivity index (χ0n) is 12.3. The van der Waals surface area contributed by atoms with Crippen LogP contribution in [0.15, 0.2) is 12.1 Å². The van der Waals surface area contributed by atoms with Crippen LogP contribution in [0, 0.1) is 20.8 Å². The van der Waals surface area contributed by atoms with Crippen LogP contribution in [0.1, 0.15) is 47.3 Å². The van der Waals surface area contributed by atoms with Crippen molar-refractivity contribution in [3.63, 3.8) is 0 Å². The van der Waals surface area contributed by atoms with Crippen LogP contribution in [0.25, 0.3) is 0 Å². The summed E-state index contributed by atoms with van der Waals surface area (Å²) in [4.78, 5) is 26.1. The molecule has 0 aromatic heterocycles. The number of hydrogen-bond acceptors (Lipinski definition) is 2. The fourth-order valence-electron chi connectivity index (χ4n) is 3.02. The van der Waals surface area contributed by atoms with Crippen LogP contribution in [-0.2, 0) is 4.79 Å². The highest BCUT2D eigenvalue weighted by atomic mass is 16.2. The molecule has 3 nitrogen and oxygen atoms in total. The van der Waals surface area contributed by atoms with Crippen molar-refractivity contribution in [1.29, 1.82) is 0 Å². The molecule has 1 aliphatic heterocycles. The highest BCUT2D eigenvalue weighted by Crippen LogP contribution is 2.29. The maximum absolute atomic E-state index is 12.7. The maximum atomic E-state index is 12.7. The van der Waals surface area contributed by atoms with Crippen LogP contribution in [0.4, 0.5) is 0 Å². The van der Waals surface area contributed by atoms with E-state index in [1.807, 2.05) is 46.8 Å². The van der Waals surface area contributed by atoms with Crippen molar-refractivity contribution < 1.29 is 9.59 Å². The number of nitrogens with zero attached hydrogens (tertiary/aromatic N) is 1. The Morgan fingerprint density at radius 2 is 1.68 bits per heavy atom. The molecule has 0 atom stereocenters. The zero-order valence-corrected chi connectivity index (χ0v) is 12.3. The monoisotopic (exact) mass is 259 g/mol. The topological polar surface area (TPSA) is 37.4 Å². The largest absolute Gasteiger partial charge is 0.326 e. The minimum absolute atomic E-state index is 0.0224. The summed E-state index contributed by atoms with van der Waals surface area (Å²) >= 11 is 0. The molecule has 0 radical (unpaired) electrons. The van der Waals surface area contributed by atoms with Crippen molar-refractivity contribution in [2.75, 3.05) is 6.54 Å². The van der Waals surface area contributed by atoms with Crippen LogP contribution in [-0.4, -0.2) is 28.7 Å². The molecule has 0 bridgehead atoms. The first kappa shape index (κ1) is 13.8. The Labute approximate surface area is 114 Å². The summed E-state index contributed by atoms with van der Waals surface area (Å²) in [6, 6.07) is 4.04. The van der Waals surface area contributed by atoms with Gasteiger partial charge >= 0.3 is 0 Å². The van der Waals surface area contributed by atoms with Gasteiger partial charge in [-0.3, -0.25) is 9.59 Å². The van der Waals surface area contributed by atoms with Gasteiger partial charge in [-0.2, -0.15) is 0 Å². The minimum atomic E-state index is -0.377. The highest BCUT2D eigenvalue weighted by molar-refractivity contribution is 6.01. The molecule has 1 aliphatic rings. The number of likely N-dealkylation sites (tertiary alicyclic amines) is 1. The van der Waals surface area contributed by atoms with E-state index in [-0.39, 0.29) is 23.8 Å². The summed E-state index contributed by atoms with van der Waals surface area (Å²) in [7, 11) is 0. The summed E-state index contributed by atoms with van der Waals surface area (Å²) in [5.74, 6) is 0.117. The lowest BCUT2D eigenvalue weighted by molar-refractivity contribution is -0.116. The molecule has 1 saturated heterocycles. The van der Waals surface area contributed by atoms with Crippen LogP contribution in [0.2, 0.25) is 0 Å². The molecular weight excluding hydrogens is 238 g/mol. The number of carbonyl (C=O) groups is 2. The molecule has 3 heteroatoms. The SMILES string of the molecule is Cc1cc(C)c(C(=O)N2CC(=O)CC2(C)C)c(C)c1. The first-order valence-electron chi connectivity index (χ1n) is 6.64. The van der Waals surface area contributed by atoms with Gasteiger partial charge in [0.05, 0.1) is 6.54 Å². The summed E-state index contributed by atoms with van der Waals surface area (Å²) in [6.07, 6.45) is 0.447. The second-order valence-electron chi connectivity index (χ2n) is 6.19. The van der Waals surface area contributed by atoms with Gasteiger partial charge in [0.2, 0.25) is 0 Å². The Morgan fingerprint density at radius 1 is 1.16 bits per heavy atom. The summed E-state index contributed by atoms with van der Waals surface area (Å²) < 4.78 is 0. The molecule has 1 amide bonds. The number of Topliss-reactive ketones (excluding diaryl/α,β-unsaturated/α-hetero) is 1. The normalized spacial score (nSPS) is 17.9. The van der Waals surface area contributed by atoms with Gasteiger partial charge in [0.25, 0.3) is 5.91 Å². The van der Waals surface area contributed by atoms with Gasteiger partial charge in [-0.1, -0.05) is 17.7 Å². The lowest BCUT2D eigenvalue weighted by atomic mass is 9.96. The van der Waals surface area contributed by atoms with Crippen molar-refractivity contribution in [1.82, 2.24) is 4.90 Å². The standard InChI is InChI=1S/C16H21NO2/c1-10-6-11(2)14(12(3)7-10)15(19)17-9-13(18)8-16(17,4)5/h6-7H,8-9H2,1-5H3. The van der Waals surface area contributed by atoms with E-state index < -0.39 is 0 Å². The van der Waals surface area contributed by atoms with Crippen molar-refractivity contribution in [3.05, 3.63) is 34.4 Å². The van der Waals surface area contributed by atoms with Crippen molar-refractivity contribution in [3.8, 4) is 0 Å². The van der Waals surface area contributed by atoms with E-state index in [1.54, 1.807) is 4.90 Å². The van der Waals surface area contributed by atoms with Crippen molar-refractivity contribution in [2.24, 2.45) is 0 Å². The van der Waals surface area contributed by atoms with Gasteiger partial charge in [-0.25, -0.2) is 0 Å². The summed E-state index contributed by atoms with van der Waals surface area (Å²) in [5.41, 5.74) is 3.49. The Bertz CT molecular complexity index is 535. The smallest absolute Gasteiger partial charge is 0.255 e. The van der Waals surface area contributed by atoms with E-state index in [0.717, 1.165) is 22.3 Å². The van der Waals surface area contributed by atoms with E-state index in [0.29, 0.717) is 6.42 Å². The molecule has 0 spiro atoms. The molecule has 0 unspecified atom stereocenters. The molecule has 0 saturated carbocycles. The molecular formula is C16H21NO2. The molecule has 0 aliphatic carbocycles. The summed E-state index contributed by atoms with van der Waals surface area (Å²) in [6.45, 7) is 10.1. The molecule has 1 aromatic rings. The lowest BCUT2D eigenvalue weighted by Gasteiger charge is -2.31. The van der Waals surface area contributed by atoms with Crippen molar-refractivity contribution in [2.45, 2.75) is 46.6 Å². The van der Waals surface area contributed by atoms with Gasteiger partial charge < -0.3 is 4.90 Å². The molecule has 1 heterocycles. The molecule has 0 N–H and O–H groups in total. The molecule has 1 fully saturated rings. The number of ketones is 1. The van der Waals surface area contributed by atoms with Gasteiger partial charge in [-0.15, -0.1) is 0 Å². The van der Waals surface area contributed by atoms with E-state index in [1.165, 1.54) is 0 Å². The molecule has 19 heavy (non-hydrogen) atoms. The lowest BCUT2D eigenvalue weighted by Crippen LogP contribution is -2.43. The van der Waals surface area contributed by atoms with Crippen LogP contribution in [0.3, 0.4) is 0 Å². The van der Waals surface area contributed by atoms with Gasteiger partial charge in [0.15, 0.2) is 5.78 Å². The van der Waals surface area contributed by atoms with Gasteiger partial charge in [0, 0.05) is 17.5 Å². The van der Waals surface area contributed by atoms with Gasteiger partial charge in [0.1, 0.15) is 0 Å². The number of carbonyl (C=O) groups excluding carboxylic acids is 2. The Kier molecular flexibility index (Phi) is 3.25. The molecule has 1 aromatic carbocycles. The van der Waals surface area contributed by atoms with Crippen LogP contribution >= 0.6 is 0 Å². The van der Waals surface area contributed by atoms with Crippen LogP contribution < -0.4 is 0 Å². The predicted molar refractivity (Wildman–Crippen MR) is 75.4 cm³/mol. The Balaban J connectivity index is 2.43. The van der Waals surface area contributed by atoms with E-state index in [4.69, 9.17) is 0 Å². The fourth-order valence-corrected chi connectivity index (χ4v) is 3.02. The maximum Gasteiger partial charge on any atom is 0.255 e. The van der Waals surface area contributed by atoms with E-state index in [2.05, 4.69) is 0 Å². The third-order valence-electron chi connectivity index (χ3n) is 3.83. The minimum Gasteiger partial charge on any atom is -0.326 e. The van der Waals surface area contributed by atoms with Crippen LogP contribution in [0.5, 0.6) is 0 Å². The number of amides is 1. The average molecular weight is 259 g/mol. The number of aryl methyl sites for hydroxylation is 3. The fraction of sp³-hybridized carbons (Fsp3) is 0.500. The Morgan fingerprint density at radius 3 is 2.11 bits per heavy atom. The molecule has 102 valence electrons. The van der Waals surface area contributed by atoms with E-state index in [9.17, 15) is 9.59 Å². The average Bonchev–Trinajstić information content (AvgIpc) is 2.49. The summed E-state index contributed by atoms with van der Waals surface area (Å²) in [5, 5.41) is 0. The number of benzene rings is 1. The first-order valence-corrected chi connectivity index (χ1v) is 6.64. The highest BCUT2D eigenvalue weighted by Gasteiger charge is 2.41. The third kappa shape index (κ3) is 2.42. The number of hydrogen-bond donors (Lipinski definition) is 0. The van der Waals surface area contributed by atoms with Crippen molar-refractivity contribution >= 4 is 11.7 Å². The molecule has 2 rings (SSSR count). The second kappa shape index (κ2) is 4.48. The first-order chi connectivity index (χ1) is 8.72. The second-order valence-corrected chi connectivity index (χ2v) is 6.19. The van der Waals surface area contributed by atoms with Gasteiger partial charge in [-0.05, 0) is 45.7 Å². The number of rotatable bonds is 1. The zero-order chi connectivity index (χ0) is 14.4. The van der Waals surface area contributed by atoms with E-state index >= 15 is 0 Å².